The molecule has 0 saturated carbocycles. The highest BCUT2D eigenvalue weighted by molar-refractivity contribution is 8.01. The summed E-state index contributed by atoms with van der Waals surface area (Å²) in [5, 5.41) is 10.7. The maximum absolute atomic E-state index is 11.3. The number of nitrogens with two attached hydrogens (primary N) is 2. The summed E-state index contributed by atoms with van der Waals surface area (Å²) in [5.74, 6) is 0.766. The number of benzene rings is 1. The first kappa shape index (κ1) is 21.8. The Morgan fingerprint density at radius 2 is 2.00 bits per heavy atom. The van der Waals surface area contributed by atoms with Crippen molar-refractivity contribution in [2.75, 3.05) is 40.5 Å². The van der Waals surface area contributed by atoms with E-state index in [9.17, 15) is 4.79 Å². The normalized spacial score (nSPS) is 9.81. The monoisotopic (exact) mass is 394 g/mol. The summed E-state index contributed by atoms with van der Waals surface area (Å²) in [4.78, 5) is 13.4. The molecule has 9 heteroatoms. The molecule has 1 heterocycles. The van der Waals surface area contributed by atoms with Crippen molar-refractivity contribution in [2.24, 2.45) is 0 Å². The maximum Gasteiger partial charge on any atom is 0.247 e. The van der Waals surface area contributed by atoms with E-state index >= 15 is 0 Å². The number of nitrogen functional groups attached to an aromatic ring is 2. The molecule has 0 bridgehead atoms. The molecule has 0 unspecified atom stereocenters. The molecule has 1 amide bonds. The van der Waals surface area contributed by atoms with Gasteiger partial charge in [-0.05, 0) is 43.9 Å². The Morgan fingerprint density at radius 3 is 2.50 bits per heavy atom. The van der Waals surface area contributed by atoms with Crippen LogP contribution in [0.4, 0.5) is 22.2 Å². The van der Waals surface area contributed by atoms with Crippen LogP contribution in [0.3, 0.4) is 0 Å². The van der Waals surface area contributed by atoms with Crippen molar-refractivity contribution in [2.45, 2.75) is 25.1 Å². The Labute approximate surface area is 162 Å². The lowest BCUT2D eigenvalue weighted by atomic mass is 10.2. The molecule has 0 atom stereocenters. The fourth-order valence-corrected chi connectivity index (χ4v) is 3.56. The highest BCUT2D eigenvalue weighted by atomic mass is 32.2. The van der Waals surface area contributed by atoms with E-state index in [0.29, 0.717) is 16.5 Å². The Kier molecular flexibility index (Phi) is 9.53. The molecular formula is C17H26N6OS2. The van der Waals surface area contributed by atoms with Crippen LogP contribution in [0.1, 0.15) is 20.8 Å². The van der Waals surface area contributed by atoms with Crippen LogP contribution in [0.15, 0.2) is 35.2 Å². The summed E-state index contributed by atoms with van der Waals surface area (Å²) < 4.78 is 0.954. The molecule has 0 spiro atoms. The van der Waals surface area contributed by atoms with Gasteiger partial charge in [-0.25, -0.2) is 0 Å². The van der Waals surface area contributed by atoms with Gasteiger partial charge in [-0.2, -0.15) is 0 Å². The highest BCUT2D eigenvalue weighted by Gasteiger charge is 2.07. The van der Waals surface area contributed by atoms with E-state index in [1.54, 1.807) is 17.8 Å². The van der Waals surface area contributed by atoms with Gasteiger partial charge in [0.15, 0.2) is 4.34 Å². The molecule has 142 valence electrons. The van der Waals surface area contributed by atoms with Gasteiger partial charge in [0, 0.05) is 18.8 Å². The van der Waals surface area contributed by atoms with E-state index in [4.69, 9.17) is 11.5 Å². The van der Waals surface area contributed by atoms with Gasteiger partial charge in [-0.15, -0.1) is 10.2 Å². The number of hydrogen-bond donors (Lipinski definition) is 3. The summed E-state index contributed by atoms with van der Waals surface area (Å²) >= 11 is 3.09. The van der Waals surface area contributed by atoms with Crippen LogP contribution in [0.5, 0.6) is 0 Å². The van der Waals surface area contributed by atoms with Crippen LogP contribution >= 0.6 is 23.1 Å². The fraction of sp³-hybridized carbons (Fsp3) is 0.353. The van der Waals surface area contributed by atoms with Crippen molar-refractivity contribution in [1.82, 2.24) is 10.2 Å². The van der Waals surface area contributed by atoms with Crippen molar-refractivity contribution in [3.05, 3.63) is 30.9 Å². The van der Waals surface area contributed by atoms with Crippen LogP contribution < -0.4 is 21.7 Å². The lowest BCUT2D eigenvalue weighted by Crippen LogP contribution is -2.22. The van der Waals surface area contributed by atoms with E-state index in [1.807, 2.05) is 12.1 Å². The molecule has 0 radical (unpaired) electrons. The molecule has 1 aromatic carbocycles. The SMILES string of the molecule is C=CC(=O)Nc1cc(N(CC)CC)ccc1N.CCSc1nnc(N)s1. The molecular weight excluding hydrogens is 368 g/mol. The predicted molar refractivity (Wildman–Crippen MR) is 114 cm³/mol. The molecule has 26 heavy (non-hydrogen) atoms. The van der Waals surface area contributed by atoms with Gasteiger partial charge in [0.25, 0.3) is 0 Å². The van der Waals surface area contributed by atoms with Gasteiger partial charge in [-0.1, -0.05) is 36.6 Å². The second kappa shape index (κ2) is 11.4. The number of carbonyl (C=O) groups is 1. The molecule has 5 N–H and O–H groups in total. The zero-order chi connectivity index (χ0) is 19.5. The average Bonchev–Trinajstić information content (AvgIpc) is 3.04. The number of rotatable bonds is 7. The summed E-state index contributed by atoms with van der Waals surface area (Å²) in [6.07, 6.45) is 1.23. The Hall–Kier alpha value is -2.26. The topological polar surface area (TPSA) is 110 Å². The zero-order valence-corrected chi connectivity index (χ0v) is 17.0. The van der Waals surface area contributed by atoms with Gasteiger partial charge in [0.1, 0.15) is 0 Å². The first-order valence-electron chi connectivity index (χ1n) is 8.24. The van der Waals surface area contributed by atoms with Gasteiger partial charge in [0.05, 0.1) is 11.4 Å². The third-order valence-electron chi connectivity index (χ3n) is 3.30. The van der Waals surface area contributed by atoms with Crippen molar-refractivity contribution in [1.29, 1.82) is 0 Å². The van der Waals surface area contributed by atoms with Gasteiger partial charge in [0.2, 0.25) is 11.0 Å². The first-order valence-corrected chi connectivity index (χ1v) is 10.0. The van der Waals surface area contributed by atoms with Crippen LogP contribution in [0.25, 0.3) is 0 Å². The number of hydrogen-bond acceptors (Lipinski definition) is 8. The average molecular weight is 395 g/mol. The lowest BCUT2D eigenvalue weighted by molar-refractivity contribution is -0.111. The van der Waals surface area contributed by atoms with E-state index in [2.05, 4.69) is 47.8 Å². The number of nitrogens with zero attached hydrogens (tertiary/aromatic N) is 3. The second-order valence-electron chi connectivity index (χ2n) is 4.98. The molecule has 0 aliphatic rings. The number of nitrogens with one attached hydrogen (secondary N) is 1. The lowest BCUT2D eigenvalue weighted by Gasteiger charge is -2.22. The third kappa shape index (κ3) is 6.93. The summed E-state index contributed by atoms with van der Waals surface area (Å²) in [6, 6.07) is 5.63. The minimum Gasteiger partial charge on any atom is -0.397 e. The number of anilines is 4. The molecule has 0 aliphatic carbocycles. The van der Waals surface area contributed by atoms with Crippen molar-refractivity contribution >= 4 is 51.2 Å². The second-order valence-corrected chi connectivity index (χ2v) is 7.50. The van der Waals surface area contributed by atoms with Gasteiger partial charge >= 0.3 is 0 Å². The smallest absolute Gasteiger partial charge is 0.247 e. The van der Waals surface area contributed by atoms with Crippen molar-refractivity contribution in [3.8, 4) is 0 Å². The Balaban J connectivity index is 0.000000314. The van der Waals surface area contributed by atoms with E-state index in [1.165, 1.54) is 17.4 Å². The Bertz CT molecular complexity index is 715. The summed E-state index contributed by atoms with van der Waals surface area (Å²) in [5.41, 5.74) is 13.4. The molecule has 1 aromatic heterocycles. The first-order chi connectivity index (χ1) is 12.4. The standard InChI is InChI=1S/C13H19N3O.C4H7N3S2/c1-4-13(17)15-12-9-10(7-8-11(12)14)16(5-2)6-3;1-2-8-4-7-6-3(5)9-4/h4,7-9H,1,5-6,14H2,2-3H3,(H,15,17);2H2,1H3,(H2,5,6). The van der Waals surface area contributed by atoms with E-state index < -0.39 is 0 Å². The third-order valence-corrected chi connectivity index (χ3v) is 5.07. The van der Waals surface area contributed by atoms with Crippen LogP contribution in [-0.2, 0) is 4.79 Å². The van der Waals surface area contributed by atoms with Crippen molar-refractivity contribution in [3.63, 3.8) is 0 Å². The fourth-order valence-electron chi connectivity index (χ4n) is 2.02. The van der Waals surface area contributed by atoms with Crippen LogP contribution in [0.2, 0.25) is 0 Å². The maximum atomic E-state index is 11.3. The van der Waals surface area contributed by atoms with Gasteiger partial charge < -0.3 is 21.7 Å². The molecule has 2 rings (SSSR count). The number of thioether (sulfide) groups is 1. The molecule has 0 aliphatic heterocycles. The number of aromatic nitrogens is 2. The molecule has 2 aromatic rings. The highest BCUT2D eigenvalue weighted by Crippen LogP contribution is 2.25. The molecule has 0 saturated heterocycles. The summed E-state index contributed by atoms with van der Waals surface area (Å²) in [6.45, 7) is 11.5. The van der Waals surface area contributed by atoms with Crippen molar-refractivity contribution < 1.29 is 4.79 Å². The quantitative estimate of drug-likeness (QED) is 0.374. The van der Waals surface area contributed by atoms with Gasteiger partial charge in [-0.3, -0.25) is 4.79 Å². The number of amides is 1. The van der Waals surface area contributed by atoms with Crippen LogP contribution in [-0.4, -0.2) is 34.9 Å². The molecule has 7 nitrogen and oxygen atoms in total. The molecule has 0 fully saturated rings. The Morgan fingerprint density at radius 1 is 1.31 bits per heavy atom. The summed E-state index contributed by atoms with van der Waals surface area (Å²) in [7, 11) is 0. The largest absolute Gasteiger partial charge is 0.397 e. The zero-order valence-electron chi connectivity index (χ0n) is 15.4. The predicted octanol–water partition coefficient (Wildman–Crippen LogP) is 3.47. The van der Waals surface area contributed by atoms with E-state index in [0.717, 1.165) is 28.9 Å². The van der Waals surface area contributed by atoms with Crippen LogP contribution in [0, 0.1) is 0 Å². The minimum absolute atomic E-state index is 0.256. The van der Waals surface area contributed by atoms with E-state index in [-0.39, 0.29) is 5.91 Å². The number of carbonyl (C=O) groups excluding carboxylic acids is 1. The minimum atomic E-state index is -0.256.